The van der Waals surface area contributed by atoms with E-state index in [0.29, 0.717) is 32.1 Å². The summed E-state index contributed by atoms with van der Waals surface area (Å²) in [6.45, 7) is 9.22. The molecule has 14 nitrogen and oxygen atoms in total. The number of aliphatic hydroxyl groups is 4. The smallest absolute Gasteiger partial charge is 0.303 e. The maximum Gasteiger partial charge on any atom is 0.303 e. The molecule has 65 heavy (non-hydrogen) atoms. The van der Waals surface area contributed by atoms with Gasteiger partial charge in [-0.3, -0.25) is 24.0 Å². The van der Waals surface area contributed by atoms with Crippen molar-refractivity contribution in [1.82, 2.24) is 0 Å². The predicted octanol–water partition coefficient (Wildman–Crippen LogP) is 12.4. The van der Waals surface area contributed by atoms with Crippen LogP contribution in [0.4, 0.5) is 0 Å². The molecule has 0 spiro atoms. The number of carbonyl (C=O) groups is 5. The van der Waals surface area contributed by atoms with Crippen molar-refractivity contribution in [2.75, 3.05) is 26.4 Å². The van der Waals surface area contributed by atoms with E-state index in [1.54, 1.807) is 0 Å². The van der Waals surface area contributed by atoms with E-state index in [1.165, 1.54) is 135 Å². The molecule has 0 aliphatic heterocycles. The molecule has 0 bridgehead atoms. The van der Waals surface area contributed by atoms with E-state index in [-0.39, 0.29) is 0 Å². The zero-order valence-corrected chi connectivity index (χ0v) is 42.4. The first-order chi connectivity index (χ1) is 31.1. The molecule has 0 aromatic carbocycles. The zero-order chi connectivity index (χ0) is 50.7. The summed E-state index contributed by atoms with van der Waals surface area (Å²) in [6, 6.07) is 0. The molecule has 14 heteroatoms. The van der Waals surface area contributed by atoms with Crippen LogP contribution >= 0.6 is 0 Å². The number of carboxylic acids is 5. The Morgan fingerprint density at radius 2 is 0.369 bits per heavy atom. The third-order valence-electron chi connectivity index (χ3n) is 10.3. The number of unbranched alkanes of at least 4 members (excludes halogenated alkanes) is 26. The van der Waals surface area contributed by atoms with Gasteiger partial charge >= 0.3 is 29.8 Å². The number of carboxylic acid groups (broad SMARTS) is 5. The number of hydrogen-bond acceptors (Lipinski definition) is 9. The van der Waals surface area contributed by atoms with Crippen LogP contribution in [0.25, 0.3) is 0 Å². The molecule has 0 atom stereocenters. The summed E-state index contributed by atoms with van der Waals surface area (Å²) in [5.74, 6) is -3.34. The summed E-state index contributed by atoms with van der Waals surface area (Å²) in [4.78, 5) is 50.4. The molecule has 0 rings (SSSR count). The largest absolute Gasteiger partial charge is 0.481 e. The lowest BCUT2D eigenvalue weighted by Gasteiger charge is -2.23. The van der Waals surface area contributed by atoms with Gasteiger partial charge in [-0.05, 0) is 32.1 Å². The van der Waals surface area contributed by atoms with E-state index >= 15 is 0 Å². The van der Waals surface area contributed by atoms with Crippen LogP contribution in [-0.4, -0.2) is 102 Å². The lowest BCUT2D eigenvalue weighted by molar-refractivity contribution is -0.138. The van der Waals surface area contributed by atoms with Gasteiger partial charge in [-0.1, -0.05) is 202 Å². The van der Waals surface area contributed by atoms with Crippen molar-refractivity contribution in [1.29, 1.82) is 0 Å². The van der Waals surface area contributed by atoms with Gasteiger partial charge in [0.1, 0.15) is 0 Å². The van der Waals surface area contributed by atoms with Gasteiger partial charge in [-0.2, -0.15) is 0 Å². The first-order valence-corrected chi connectivity index (χ1v) is 25.6. The normalized spacial score (nSPS) is 10.2. The maximum absolute atomic E-state index is 10.3. The minimum Gasteiger partial charge on any atom is -0.481 e. The SMILES string of the molecule is CCCCCCCC(=O)O.CCCCCCCC(=O)O.CCCCCCCC(=O)O.CCCCCCCC(=O)O.CCCCCCCCCCCCCC(=O)O.OCC(CO)(CO)CO. The second-order valence-electron chi connectivity index (χ2n) is 17.0. The van der Waals surface area contributed by atoms with Crippen molar-refractivity contribution in [2.24, 2.45) is 5.41 Å². The number of aliphatic hydroxyl groups excluding tert-OH is 4. The van der Waals surface area contributed by atoms with Crippen LogP contribution in [0.5, 0.6) is 0 Å². The molecule has 0 aromatic rings. The van der Waals surface area contributed by atoms with Crippen LogP contribution in [0, 0.1) is 5.41 Å². The van der Waals surface area contributed by atoms with Crippen molar-refractivity contribution in [2.45, 2.75) is 266 Å². The van der Waals surface area contributed by atoms with Gasteiger partial charge < -0.3 is 46.0 Å². The van der Waals surface area contributed by atoms with Crippen molar-refractivity contribution >= 4 is 29.8 Å². The molecule has 0 aliphatic carbocycles. The first kappa shape index (κ1) is 73.8. The average Bonchev–Trinajstić information content (AvgIpc) is 3.27. The molecule has 0 unspecified atom stereocenters. The van der Waals surface area contributed by atoms with Crippen molar-refractivity contribution in [3.05, 3.63) is 0 Å². The number of rotatable bonds is 40. The summed E-state index contributed by atoms with van der Waals surface area (Å²) in [6.07, 6.45) is 37.9. The van der Waals surface area contributed by atoms with E-state index in [2.05, 4.69) is 34.6 Å². The highest BCUT2D eigenvalue weighted by molar-refractivity contribution is 5.67. The van der Waals surface area contributed by atoms with Crippen LogP contribution in [0.1, 0.15) is 266 Å². The average molecular weight is 941 g/mol. The van der Waals surface area contributed by atoms with Crippen LogP contribution in [0.15, 0.2) is 0 Å². The minimum atomic E-state index is -1.11. The molecule has 0 radical (unpaired) electrons. The molecular formula is C51H104O14. The van der Waals surface area contributed by atoms with Gasteiger partial charge in [0.2, 0.25) is 0 Å². The fourth-order valence-electron chi connectivity index (χ4n) is 5.76. The molecule has 0 saturated heterocycles. The highest BCUT2D eigenvalue weighted by Gasteiger charge is 2.26. The summed E-state index contributed by atoms with van der Waals surface area (Å²) >= 11 is 0. The van der Waals surface area contributed by atoms with Crippen LogP contribution in [0.2, 0.25) is 0 Å². The monoisotopic (exact) mass is 941 g/mol. The Bertz CT molecular complexity index is 859. The summed E-state index contributed by atoms with van der Waals surface area (Å²) < 4.78 is 0. The van der Waals surface area contributed by atoms with E-state index in [1.807, 2.05) is 0 Å². The minimum absolute atomic E-state index is 0.337. The Morgan fingerprint density at radius 3 is 0.462 bits per heavy atom. The lowest BCUT2D eigenvalue weighted by atomic mass is 9.93. The van der Waals surface area contributed by atoms with Gasteiger partial charge in [0.25, 0.3) is 0 Å². The molecule has 0 aliphatic rings. The molecular weight excluding hydrogens is 837 g/mol. The zero-order valence-electron chi connectivity index (χ0n) is 42.4. The van der Waals surface area contributed by atoms with Crippen LogP contribution < -0.4 is 0 Å². The first-order valence-electron chi connectivity index (χ1n) is 25.6. The fourth-order valence-corrected chi connectivity index (χ4v) is 5.76. The molecule has 0 amide bonds. The number of hydrogen-bond donors (Lipinski definition) is 9. The van der Waals surface area contributed by atoms with E-state index in [9.17, 15) is 24.0 Å². The Kier molecular flexibility index (Phi) is 74.3. The molecule has 0 aromatic heterocycles. The van der Waals surface area contributed by atoms with Gasteiger partial charge in [0.15, 0.2) is 0 Å². The highest BCUT2D eigenvalue weighted by atomic mass is 16.4. The Morgan fingerprint density at radius 1 is 0.246 bits per heavy atom. The predicted molar refractivity (Wildman–Crippen MR) is 264 cm³/mol. The van der Waals surface area contributed by atoms with Gasteiger partial charge in [0.05, 0.1) is 31.8 Å². The quantitative estimate of drug-likeness (QED) is 0.0259. The van der Waals surface area contributed by atoms with Crippen molar-refractivity contribution in [3.63, 3.8) is 0 Å². The Hall–Kier alpha value is -2.81. The standard InChI is InChI=1S/C14H28O2.4C8H16O2.C5H12O4/c1-2-3-4-5-6-7-8-9-10-11-12-13-14(15)16;4*1-2-3-4-5-6-7-8(9)10;6-1-5(2-7,3-8)4-9/h2-13H2,1H3,(H,15,16);4*2-7H2,1H3,(H,9,10);6-9H,1-4H2. The Balaban J connectivity index is -0.000000163. The second-order valence-corrected chi connectivity index (χ2v) is 17.0. The molecule has 0 heterocycles. The van der Waals surface area contributed by atoms with Crippen LogP contribution in [0.3, 0.4) is 0 Å². The summed E-state index contributed by atoms with van der Waals surface area (Å²) in [5, 5.41) is 75.5. The lowest BCUT2D eigenvalue weighted by Crippen LogP contribution is -2.37. The van der Waals surface area contributed by atoms with Gasteiger partial charge in [-0.15, -0.1) is 0 Å². The molecule has 9 N–H and O–H groups in total. The topological polar surface area (TPSA) is 267 Å². The second kappa shape index (κ2) is 65.5. The van der Waals surface area contributed by atoms with Crippen molar-refractivity contribution in [3.8, 4) is 0 Å². The van der Waals surface area contributed by atoms with Gasteiger partial charge in [0, 0.05) is 32.1 Å². The summed E-state index contributed by atoms with van der Waals surface area (Å²) in [7, 11) is 0. The van der Waals surface area contributed by atoms with E-state index in [4.69, 9.17) is 46.0 Å². The maximum atomic E-state index is 10.3. The molecule has 0 saturated carbocycles. The Labute approximate surface area is 396 Å². The van der Waals surface area contributed by atoms with Crippen molar-refractivity contribution < 1.29 is 69.9 Å². The summed E-state index contributed by atoms with van der Waals surface area (Å²) in [5.41, 5.74) is -1.11. The van der Waals surface area contributed by atoms with E-state index < -0.39 is 61.7 Å². The molecule has 392 valence electrons. The number of aliphatic carboxylic acids is 5. The van der Waals surface area contributed by atoms with E-state index in [0.717, 1.165) is 64.2 Å². The molecule has 0 fully saturated rings. The van der Waals surface area contributed by atoms with Gasteiger partial charge in [-0.25, -0.2) is 0 Å². The third kappa shape index (κ3) is 85.1. The van der Waals surface area contributed by atoms with Crippen LogP contribution in [-0.2, 0) is 24.0 Å². The third-order valence-corrected chi connectivity index (χ3v) is 10.3. The fraction of sp³-hybridized carbons (Fsp3) is 0.902. The highest BCUT2D eigenvalue weighted by Crippen LogP contribution is 2.13.